The van der Waals surface area contributed by atoms with Gasteiger partial charge in [-0.3, -0.25) is 9.59 Å². The van der Waals surface area contributed by atoms with E-state index >= 15 is 0 Å². The monoisotopic (exact) mass is 340 g/mol. The number of rotatable bonds is 3. The first-order chi connectivity index (χ1) is 12.0. The van der Waals surface area contributed by atoms with Gasteiger partial charge in [0.2, 0.25) is 0 Å². The van der Waals surface area contributed by atoms with E-state index in [1.54, 1.807) is 9.58 Å². The standard InChI is InChI=1S/C18H20N4O3/c1-12-15(19-20-22(12)13-5-3-2-4-6-13)16(23)21-9-7-18(8-10-21)11-14(18)17(24)25/h2-6,14H,7-11H2,1H3,(H,24,25). The highest BCUT2D eigenvalue weighted by Gasteiger charge is 2.59. The topological polar surface area (TPSA) is 88.3 Å². The van der Waals surface area contributed by atoms with Crippen LogP contribution in [0, 0.1) is 18.3 Å². The number of hydrogen-bond donors (Lipinski definition) is 1. The summed E-state index contributed by atoms with van der Waals surface area (Å²) in [5, 5.41) is 17.4. The second-order valence-corrected chi connectivity index (χ2v) is 7.02. The maximum absolute atomic E-state index is 12.8. The lowest BCUT2D eigenvalue weighted by Crippen LogP contribution is -2.40. The molecular weight excluding hydrogens is 320 g/mol. The van der Waals surface area contributed by atoms with Crippen LogP contribution < -0.4 is 0 Å². The van der Waals surface area contributed by atoms with Crippen LogP contribution in [0.15, 0.2) is 30.3 Å². The Morgan fingerprint density at radius 1 is 1.20 bits per heavy atom. The normalized spacial score (nSPS) is 21.3. The second kappa shape index (κ2) is 5.68. The number of aliphatic carboxylic acids is 1. The molecule has 1 N–H and O–H groups in total. The number of hydrogen-bond acceptors (Lipinski definition) is 4. The molecule has 1 aliphatic heterocycles. The number of aromatic nitrogens is 3. The van der Waals surface area contributed by atoms with Crippen LogP contribution in [0.1, 0.15) is 35.4 Å². The summed E-state index contributed by atoms with van der Waals surface area (Å²) in [6, 6.07) is 9.58. The van der Waals surface area contributed by atoms with Gasteiger partial charge in [0, 0.05) is 13.1 Å². The van der Waals surface area contributed by atoms with E-state index in [1.165, 1.54) is 0 Å². The number of piperidine rings is 1. The van der Waals surface area contributed by atoms with Crippen LogP contribution in [0.25, 0.3) is 5.69 Å². The fourth-order valence-electron chi connectivity index (χ4n) is 3.90. The van der Waals surface area contributed by atoms with Gasteiger partial charge in [0.25, 0.3) is 5.91 Å². The first kappa shape index (κ1) is 15.8. The molecule has 2 aromatic rings. The molecule has 0 radical (unpaired) electrons. The van der Waals surface area contributed by atoms with Crippen molar-refractivity contribution in [2.45, 2.75) is 26.2 Å². The molecule has 1 amide bonds. The lowest BCUT2D eigenvalue weighted by Gasteiger charge is -2.32. The van der Waals surface area contributed by atoms with Crippen molar-refractivity contribution in [2.75, 3.05) is 13.1 Å². The molecule has 1 saturated carbocycles. The maximum atomic E-state index is 12.8. The number of carbonyl (C=O) groups is 2. The zero-order valence-electron chi connectivity index (χ0n) is 14.1. The van der Waals surface area contributed by atoms with E-state index < -0.39 is 5.97 Å². The van der Waals surface area contributed by atoms with Gasteiger partial charge < -0.3 is 10.0 Å². The Kier molecular flexibility index (Phi) is 3.59. The van der Waals surface area contributed by atoms with Crippen molar-refractivity contribution in [3.05, 3.63) is 41.7 Å². The van der Waals surface area contributed by atoms with Gasteiger partial charge >= 0.3 is 5.97 Å². The highest BCUT2D eigenvalue weighted by Crippen LogP contribution is 2.59. The molecule has 1 aromatic carbocycles. The number of carboxylic acids is 1. The summed E-state index contributed by atoms with van der Waals surface area (Å²) in [6.07, 6.45) is 2.25. The van der Waals surface area contributed by atoms with Gasteiger partial charge in [-0.25, -0.2) is 4.68 Å². The van der Waals surface area contributed by atoms with Crippen molar-refractivity contribution in [2.24, 2.45) is 11.3 Å². The van der Waals surface area contributed by atoms with E-state index in [2.05, 4.69) is 10.3 Å². The van der Waals surface area contributed by atoms with Crippen molar-refractivity contribution in [3.8, 4) is 5.69 Å². The molecule has 25 heavy (non-hydrogen) atoms. The third kappa shape index (κ3) is 2.59. The third-order valence-electron chi connectivity index (χ3n) is 5.63. The van der Waals surface area contributed by atoms with Crippen molar-refractivity contribution in [3.63, 3.8) is 0 Å². The third-order valence-corrected chi connectivity index (χ3v) is 5.63. The molecule has 4 rings (SSSR count). The van der Waals surface area contributed by atoms with Crippen molar-refractivity contribution >= 4 is 11.9 Å². The summed E-state index contributed by atoms with van der Waals surface area (Å²) in [4.78, 5) is 25.7. The van der Waals surface area contributed by atoms with E-state index in [1.807, 2.05) is 37.3 Å². The average molecular weight is 340 g/mol. The minimum Gasteiger partial charge on any atom is -0.481 e. The SMILES string of the molecule is Cc1c(C(=O)N2CCC3(CC2)CC3C(=O)O)nnn1-c1ccccc1. The van der Waals surface area contributed by atoms with Crippen LogP contribution >= 0.6 is 0 Å². The molecule has 1 aliphatic carbocycles. The van der Waals surface area contributed by atoms with Crippen molar-refractivity contribution in [1.29, 1.82) is 0 Å². The molecule has 0 bridgehead atoms. The highest BCUT2D eigenvalue weighted by molar-refractivity contribution is 5.93. The zero-order chi connectivity index (χ0) is 17.6. The minimum atomic E-state index is -0.707. The van der Waals surface area contributed by atoms with Crippen LogP contribution in [0.4, 0.5) is 0 Å². The van der Waals surface area contributed by atoms with Crippen LogP contribution in [-0.4, -0.2) is 50.0 Å². The summed E-state index contributed by atoms with van der Waals surface area (Å²) < 4.78 is 1.67. The number of likely N-dealkylation sites (tertiary alicyclic amines) is 1. The van der Waals surface area contributed by atoms with Crippen LogP contribution in [0.2, 0.25) is 0 Å². The molecule has 7 nitrogen and oxygen atoms in total. The first-order valence-corrected chi connectivity index (χ1v) is 8.52. The Bertz CT molecular complexity index is 822. The predicted octanol–water partition coefficient (Wildman–Crippen LogP) is 1.90. The number of amides is 1. The largest absolute Gasteiger partial charge is 0.481 e. The summed E-state index contributed by atoms with van der Waals surface area (Å²) in [7, 11) is 0. The van der Waals surface area contributed by atoms with E-state index in [0.29, 0.717) is 24.5 Å². The molecule has 2 fully saturated rings. The van der Waals surface area contributed by atoms with Crippen LogP contribution in [0.5, 0.6) is 0 Å². The van der Waals surface area contributed by atoms with Crippen molar-refractivity contribution in [1.82, 2.24) is 19.9 Å². The number of para-hydroxylation sites is 1. The van der Waals surface area contributed by atoms with Gasteiger partial charge in [0.1, 0.15) is 0 Å². The van der Waals surface area contributed by atoms with Gasteiger partial charge in [-0.2, -0.15) is 0 Å². The van der Waals surface area contributed by atoms with E-state index in [9.17, 15) is 9.59 Å². The molecule has 1 spiro atoms. The van der Waals surface area contributed by atoms with Gasteiger partial charge in [0.15, 0.2) is 5.69 Å². The van der Waals surface area contributed by atoms with E-state index in [0.717, 1.165) is 24.9 Å². The van der Waals surface area contributed by atoms with E-state index in [4.69, 9.17) is 5.11 Å². The summed E-state index contributed by atoms with van der Waals surface area (Å²) in [5.74, 6) is -1.06. The molecular formula is C18H20N4O3. The number of carbonyl (C=O) groups excluding carboxylic acids is 1. The fraction of sp³-hybridized carbons (Fsp3) is 0.444. The molecule has 2 heterocycles. The summed E-state index contributed by atoms with van der Waals surface area (Å²) in [5.41, 5.74) is 1.86. The van der Waals surface area contributed by atoms with Crippen LogP contribution in [0.3, 0.4) is 0 Å². The molecule has 1 unspecified atom stereocenters. The Morgan fingerprint density at radius 3 is 2.48 bits per heavy atom. The number of benzene rings is 1. The second-order valence-electron chi connectivity index (χ2n) is 7.02. The molecule has 7 heteroatoms. The highest BCUT2D eigenvalue weighted by atomic mass is 16.4. The summed E-state index contributed by atoms with van der Waals surface area (Å²) >= 11 is 0. The molecule has 1 atom stereocenters. The number of nitrogens with zero attached hydrogens (tertiary/aromatic N) is 4. The Hall–Kier alpha value is -2.70. The Morgan fingerprint density at radius 2 is 1.88 bits per heavy atom. The van der Waals surface area contributed by atoms with Crippen molar-refractivity contribution < 1.29 is 14.7 Å². The average Bonchev–Trinajstić information content (AvgIpc) is 3.19. The predicted molar refractivity (Wildman–Crippen MR) is 89.4 cm³/mol. The minimum absolute atomic E-state index is 0.0840. The number of carboxylic acid groups (broad SMARTS) is 1. The van der Waals surface area contributed by atoms with E-state index in [-0.39, 0.29) is 17.2 Å². The lowest BCUT2D eigenvalue weighted by atomic mass is 9.90. The van der Waals surface area contributed by atoms with Gasteiger partial charge in [-0.15, -0.1) is 5.10 Å². The zero-order valence-corrected chi connectivity index (χ0v) is 14.1. The van der Waals surface area contributed by atoms with Gasteiger partial charge in [-0.1, -0.05) is 23.4 Å². The summed E-state index contributed by atoms with van der Waals surface area (Å²) in [6.45, 7) is 3.01. The lowest BCUT2D eigenvalue weighted by molar-refractivity contribution is -0.139. The smallest absolute Gasteiger partial charge is 0.307 e. The Labute approximate surface area is 145 Å². The molecule has 1 saturated heterocycles. The quantitative estimate of drug-likeness (QED) is 0.922. The van der Waals surface area contributed by atoms with Gasteiger partial charge in [-0.05, 0) is 43.7 Å². The maximum Gasteiger partial charge on any atom is 0.307 e. The first-order valence-electron chi connectivity index (χ1n) is 8.52. The fourth-order valence-corrected chi connectivity index (χ4v) is 3.90. The Balaban J connectivity index is 1.48. The van der Waals surface area contributed by atoms with Gasteiger partial charge in [0.05, 0.1) is 17.3 Å². The molecule has 130 valence electrons. The van der Waals surface area contributed by atoms with Crippen LogP contribution in [-0.2, 0) is 4.79 Å². The molecule has 1 aromatic heterocycles. The molecule has 2 aliphatic rings.